The minimum Gasteiger partial charge on any atom is -0.324 e. The van der Waals surface area contributed by atoms with Crippen LogP contribution in [0.3, 0.4) is 0 Å². The highest BCUT2D eigenvalue weighted by Gasteiger charge is 2.14. The summed E-state index contributed by atoms with van der Waals surface area (Å²) in [4.78, 5) is 5.20. The fraction of sp³-hybridized carbons (Fsp3) is 0.250. The fourth-order valence-electron chi connectivity index (χ4n) is 1.52. The highest BCUT2D eigenvalue weighted by atomic mass is 32.2. The molecule has 2 N–H and O–H groups in total. The Hall–Kier alpha value is -0.910. The van der Waals surface area contributed by atoms with Gasteiger partial charge in [0.25, 0.3) is 0 Å². The summed E-state index contributed by atoms with van der Waals surface area (Å²) < 4.78 is 14.6. The Morgan fingerprint density at radius 3 is 2.82 bits per heavy atom. The summed E-state index contributed by atoms with van der Waals surface area (Å²) in [6.07, 6.45) is 0. The van der Waals surface area contributed by atoms with Crippen LogP contribution in [-0.2, 0) is 0 Å². The largest absolute Gasteiger partial charge is 0.324 e. The number of aromatic nitrogens is 1. The first-order valence-electron chi connectivity index (χ1n) is 5.22. The zero-order valence-electron chi connectivity index (χ0n) is 9.61. The second-order valence-electron chi connectivity index (χ2n) is 3.80. The van der Waals surface area contributed by atoms with Crippen molar-refractivity contribution in [3.05, 3.63) is 40.7 Å². The molecule has 0 aliphatic heterocycles. The fourth-order valence-corrected chi connectivity index (χ4v) is 3.57. The van der Waals surface area contributed by atoms with Crippen molar-refractivity contribution in [3.63, 3.8) is 0 Å². The van der Waals surface area contributed by atoms with Crippen molar-refractivity contribution < 1.29 is 4.39 Å². The first kappa shape index (κ1) is 12.5. The van der Waals surface area contributed by atoms with Crippen LogP contribution in [0.5, 0.6) is 0 Å². The lowest BCUT2D eigenvalue weighted by Crippen LogP contribution is -2.08. The van der Waals surface area contributed by atoms with Crippen molar-refractivity contribution in [2.45, 2.75) is 29.1 Å². The number of rotatable bonds is 3. The van der Waals surface area contributed by atoms with Crippen molar-refractivity contribution in [1.82, 2.24) is 4.98 Å². The van der Waals surface area contributed by atoms with Gasteiger partial charge in [-0.1, -0.05) is 17.8 Å². The van der Waals surface area contributed by atoms with Crippen LogP contribution in [0, 0.1) is 12.7 Å². The molecular formula is C12H13FN2S2. The Labute approximate surface area is 108 Å². The van der Waals surface area contributed by atoms with E-state index in [1.54, 1.807) is 24.3 Å². The molecule has 0 aliphatic rings. The van der Waals surface area contributed by atoms with E-state index in [0.29, 0.717) is 5.56 Å². The molecule has 1 heterocycles. The summed E-state index contributed by atoms with van der Waals surface area (Å²) in [6, 6.07) is 4.70. The number of nitrogens with two attached hydrogens (primary N) is 1. The van der Waals surface area contributed by atoms with Gasteiger partial charge in [0.1, 0.15) is 5.82 Å². The highest BCUT2D eigenvalue weighted by Crippen LogP contribution is 2.35. The van der Waals surface area contributed by atoms with Gasteiger partial charge in [0.05, 0.1) is 0 Å². The molecular weight excluding hydrogens is 255 g/mol. The number of aryl methyl sites for hydroxylation is 1. The van der Waals surface area contributed by atoms with E-state index in [2.05, 4.69) is 4.98 Å². The van der Waals surface area contributed by atoms with Crippen LogP contribution in [0.1, 0.15) is 24.2 Å². The minimum absolute atomic E-state index is 0.252. The van der Waals surface area contributed by atoms with E-state index >= 15 is 0 Å². The zero-order chi connectivity index (χ0) is 12.4. The highest BCUT2D eigenvalue weighted by molar-refractivity contribution is 8.01. The Bertz CT molecular complexity index is 523. The first-order chi connectivity index (χ1) is 8.08. The molecule has 17 heavy (non-hydrogen) atoms. The Morgan fingerprint density at radius 2 is 2.24 bits per heavy atom. The maximum Gasteiger partial charge on any atom is 0.154 e. The molecule has 90 valence electrons. The van der Waals surface area contributed by atoms with Crippen LogP contribution in [0.15, 0.2) is 32.8 Å². The molecule has 2 nitrogen and oxygen atoms in total. The lowest BCUT2D eigenvalue weighted by Gasteiger charge is -2.12. The van der Waals surface area contributed by atoms with Gasteiger partial charge in [0.15, 0.2) is 4.34 Å². The smallest absolute Gasteiger partial charge is 0.154 e. The van der Waals surface area contributed by atoms with E-state index in [4.69, 9.17) is 5.73 Å². The van der Waals surface area contributed by atoms with Crippen LogP contribution >= 0.6 is 23.1 Å². The maximum absolute atomic E-state index is 13.7. The van der Waals surface area contributed by atoms with E-state index < -0.39 is 0 Å². The number of halogens is 1. The van der Waals surface area contributed by atoms with E-state index in [0.717, 1.165) is 14.9 Å². The third kappa shape index (κ3) is 2.86. The molecule has 1 aromatic carbocycles. The molecule has 0 saturated carbocycles. The van der Waals surface area contributed by atoms with Gasteiger partial charge in [0, 0.05) is 27.6 Å². The normalized spacial score (nSPS) is 12.7. The number of benzene rings is 1. The molecule has 0 fully saturated rings. The van der Waals surface area contributed by atoms with Gasteiger partial charge in [-0.25, -0.2) is 9.37 Å². The third-order valence-corrected chi connectivity index (χ3v) is 4.40. The summed E-state index contributed by atoms with van der Waals surface area (Å²) in [6.45, 7) is 3.73. The SMILES string of the molecule is Cc1csc(Sc2cccc(F)c2[C@H](C)N)n1. The van der Waals surface area contributed by atoms with E-state index in [1.165, 1.54) is 17.8 Å². The van der Waals surface area contributed by atoms with Crippen LogP contribution in [0.25, 0.3) is 0 Å². The van der Waals surface area contributed by atoms with Crippen molar-refractivity contribution in [1.29, 1.82) is 0 Å². The van der Waals surface area contributed by atoms with Crippen LogP contribution in [0.2, 0.25) is 0 Å². The van der Waals surface area contributed by atoms with Gasteiger partial charge >= 0.3 is 0 Å². The van der Waals surface area contributed by atoms with Crippen LogP contribution in [0.4, 0.5) is 4.39 Å². The maximum atomic E-state index is 13.7. The second-order valence-corrected chi connectivity index (χ2v) is 5.94. The van der Waals surface area contributed by atoms with Gasteiger partial charge in [-0.3, -0.25) is 0 Å². The van der Waals surface area contributed by atoms with Crippen LogP contribution < -0.4 is 5.73 Å². The molecule has 0 unspecified atom stereocenters. The van der Waals surface area contributed by atoms with E-state index in [9.17, 15) is 4.39 Å². The number of thiazole rings is 1. The summed E-state index contributed by atoms with van der Waals surface area (Å²) in [7, 11) is 0. The number of hydrogen-bond donors (Lipinski definition) is 1. The third-order valence-electron chi connectivity index (χ3n) is 2.26. The van der Waals surface area contributed by atoms with E-state index in [1.807, 2.05) is 18.4 Å². The lowest BCUT2D eigenvalue weighted by atomic mass is 10.1. The van der Waals surface area contributed by atoms with Crippen molar-refractivity contribution in [3.8, 4) is 0 Å². The average Bonchev–Trinajstić information content (AvgIpc) is 2.63. The molecule has 1 atom stereocenters. The van der Waals surface area contributed by atoms with E-state index in [-0.39, 0.29) is 11.9 Å². The molecule has 5 heteroatoms. The predicted molar refractivity (Wildman–Crippen MR) is 70.0 cm³/mol. The number of nitrogens with zero attached hydrogens (tertiary/aromatic N) is 1. The topological polar surface area (TPSA) is 38.9 Å². The summed E-state index contributed by atoms with van der Waals surface area (Å²) in [5.74, 6) is -0.252. The predicted octanol–water partition coefficient (Wildman–Crippen LogP) is 3.76. The molecule has 0 aliphatic carbocycles. The molecule has 2 aromatic rings. The Kier molecular flexibility index (Phi) is 3.81. The van der Waals surface area contributed by atoms with Gasteiger partial charge in [-0.2, -0.15) is 0 Å². The molecule has 0 saturated heterocycles. The summed E-state index contributed by atoms with van der Waals surface area (Å²) >= 11 is 3.02. The zero-order valence-corrected chi connectivity index (χ0v) is 11.2. The van der Waals surface area contributed by atoms with Crippen molar-refractivity contribution >= 4 is 23.1 Å². The summed E-state index contributed by atoms with van der Waals surface area (Å²) in [5.41, 5.74) is 7.35. The molecule has 0 spiro atoms. The quantitative estimate of drug-likeness (QED) is 0.921. The molecule has 0 radical (unpaired) electrons. The Morgan fingerprint density at radius 1 is 1.47 bits per heavy atom. The standard InChI is InChI=1S/C12H13FN2S2/c1-7-6-16-12(15-7)17-10-5-3-4-9(13)11(10)8(2)14/h3-6,8H,14H2,1-2H3/t8-/m0/s1. The van der Waals surface area contributed by atoms with Gasteiger partial charge in [0.2, 0.25) is 0 Å². The van der Waals surface area contributed by atoms with Gasteiger partial charge < -0.3 is 5.73 Å². The van der Waals surface area contributed by atoms with Crippen molar-refractivity contribution in [2.24, 2.45) is 5.73 Å². The molecule has 1 aromatic heterocycles. The molecule has 2 rings (SSSR count). The second kappa shape index (κ2) is 5.16. The monoisotopic (exact) mass is 268 g/mol. The van der Waals surface area contributed by atoms with Gasteiger partial charge in [-0.15, -0.1) is 11.3 Å². The first-order valence-corrected chi connectivity index (χ1v) is 6.91. The van der Waals surface area contributed by atoms with Crippen molar-refractivity contribution in [2.75, 3.05) is 0 Å². The van der Waals surface area contributed by atoms with Gasteiger partial charge in [-0.05, 0) is 26.0 Å². The number of hydrogen-bond acceptors (Lipinski definition) is 4. The minimum atomic E-state index is -0.320. The molecule has 0 amide bonds. The summed E-state index contributed by atoms with van der Waals surface area (Å²) in [5, 5.41) is 1.98. The van der Waals surface area contributed by atoms with Crippen LogP contribution in [-0.4, -0.2) is 4.98 Å². The average molecular weight is 268 g/mol. The lowest BCUT2D eigenvalue weighted by molar-refractivity contribution is 0.585. The Balaban J connectivity index is 2.35. The molecule has 0 bridgehead atoms.